The number of fused-ring (bicyclic) bond motifs is 1. The van der Waals surface area contributed by atoms with Gasteiger partial charge >= 0.3 is 5.97 Å². The highest BCUT2D eigenvalue weighted by Gasteiger charge is 2.38. The van der Waals surface area contributed by atoms with Crippen molar-refractivity contribution < 1.29 is 19.2 Å². The van der Waals surface area contributed by atoms with Crippen molar-refractivity contribution in [2.24, 2.45) is 0 Å². The average molecular weight is 365 g/mol. The average Bonchev–Trinajstić information content (AvgIpc) is 3.22. The van der Waals surface area contributed by atoms with Crippen molar-refractivity contribution in [1.82, 2.24) is 15.0 Å². The predicted octanol–water partition coefficient (Wildman–Crippen LogP) is 2.50. The summed E-state index contributed by atoms with van der Waals surface area (Å²) < 4.78 is 0. The van der Waals surface area contributed by atoms with Crippen LogP contribution < -0.4 is 0 Å². The SMILES string of the molecule is O=C(Cc1csc(-c2ccccn2)n1)ON1C(=O)c2ccccc2C1=O. The van der Waals surface area contributed by atoms with Crippen LogP contribution in [-0.4, -0.2) is 32.8 Å². The number of hydrogen-bond acceptors (Lipinski definition) is 7. The van der Waals surface area contributed by atoms with E-state index in [1.54, 1.807) is 29.8 Å². The van der Waals surface area contributed by atoms with Crippen LogP contribution in [0.4, 0.5) is 0 Å². The Hall–Kier alpha value is -3.39. The number of benzene rings is 1. The molecule has 0 saturated heterocycles. The Bertz CT molecular complexity index is 981. The van der Waals surface area contributed by atoms with Crippen molar-refractivity contribution in [3.8, 4) is 10.7 Å². The maximum atomic E-state index is 12.2. The Morgan fingerprint density at radius 1 is 1.04 bits per heavy atom. The molecule has 1 aromatic carbocycles. The van der Waals surface area contributed by atoms with Gasteiger partial charge in [0.15, 0.2) is 0 Å². The van der Waals surface area contributed by atoms with Gasteiger partial charge in [0.2, 0.25) is 0 Å². The number of pyridine rings is 1. The molecule has 0 atom stereocenters. The standard InChI is InChI=1S/C18H11N3O4S/c22-15(9-11-10-26-16(20-11)14-7-3-4-8-19-14)25-21-17(23)12-5-1-2-6-13(12)18(21)24/h1-8,10H,9H2. The van der Waals surface area contributed by atoms with Crippen molar-refractivity contribution in [2.75, 3.05) is 0 Å². The highest BCUT2D eigenvalue weighted by atomic mass is 32.1. The number of hydrogen-bond donors (Lipinski definition) is 0. The maximum Gasteiger partial charge on any atom is 0.339 e. The number of amides is 2. The number of rotatable bonds is 4. The van der Waals surface area contributed by atoms with Gasteiger partial charge in [0, 0.05) is 11.6 Å². The molecule has 8 heteroatoms. The summed E-state index contributed by atoms with van der Waals surface area (Å²) in [5, 5.41) is 2.89. The molecule has 1 aliphatic rings. The van der Waals surface area contributed by atoms with E-state index in [1.807, 2.05) is 12.1 Å². The van der Waals surface area contributed by atoms with Gasteiger partial charge in [-0.05, 0) is 24.3 Å². The van der Waals surface area contributed by atoms with Crippen LogP contribution in [0.1, 0.15) is 26.4 Å². The summed E-state index contributed by atoms with van der Waals surface area (Å²) in [6.07, 6.45) is 1.50. The Labute approximate surface area is 151 Å². The van der Waals surface area contributed by atoms with Crippen LogP contribution in [0, 0.1) is 0 Å². The van der Waals surface area contributed by atoms with Crippen molar-refractivity contribution in [2.45, 2.75) is 6.42 Å². The Balaban J connectivity index is 1.45. The van der Waals surface area contributed by atoms with E-state index in [9.17, 15) is 14.4 Å². The van der Waals surface area contributed by atoms with Gasteiger partial charge < -0.3 is 4.84 Å². The van der Waals surface area contributed by atoms with Gasteiger partial charge in [-0.2, -0.15) is 0 Å². The minimum atomic E-state index is -0.739. The second-order valence-corrected chi connectivity index (χ2v) is 6.31. The van der Waals surface area contributed by atoms with Crippen molar-refractivity contribution in [3.05, 3.63) is 70.9 Å². The number of imide groups is 1. The molecular weight excluding hydrogens is 354 g/mol. The highest BCUT2D eigenvalue weighted by molar-refractivity contribution is 7.13. The third-order valence-corrected chi connectivity index (χ3v) is 4.62. The van der Waals surface area contributed by atoms with Crippen LogP contribution >= 0.6 is 11.3 Å². The lowest BCUT2D eigenvalue weighted by Gasteiger charge is -2.12. The molecule has 3 aromatic rings. The molecule has 2 aromatic heterocycles. The largest absolute Gasteiger partial charge is 0.339 e. The van der Waals surface area contributed by atoms with E-state index in [2.05, 4.69) is 9.97 Å². The summed E-state index contributed by atoms with van der Waals surface area (Å²) in [5.74, 6) is -2.03. The Kier molecular flexibility index (Phi) is 4.02. The smallest absolute Gasteiger partial charge is 0.329 e. The maximum absolute atomic E-state index is 12.2. The Morgan fingerprint density at radius 2 is 1.73 bits per heavy atom. The van der Waals surface area contributed by atoms with Crippen LogP contribution in [0.5, 0.6) is 0 Å². The number of nitrogens with zero attached hydrogens (tertiary/aromatic N) is 3. The second kappa shape index (κ2) is 6.49. The lowest BCUT2D eigenvalue weighted by Crippen LogP contribution is -2.33. The van der Waals surface area contributed by atoms with Gasteiger partial charge in [0.05, 0.1) is 28.9 Å². The molecule has 0 bridgehead atoms. The lowest BCUT2D eigenvalue weighted by molar-refractivity contribution is -0.167. The normalized spacial score (nSPS) is 13.0. The van der Waals surface area contributed by atoms with E-state index >= 15 is 0 Å². The first-order valence-electron chi connectivity index (χ1n) is 7.68. The minimum absolute atomic E-state index is 0.156. The first-order chi connectivity index (χ1) is 12.6. The number of thiazole rings is 1. The van der Waals surface area contributed by atoms with Crippen molar-refractivity contribution in [1.29, 1.82) is 0 Å². The Morgan fingerprint density at radius 3 is 2.38 bits per heavy atom. The molecule has 26 heavy (non-hydrogen) atoms. The zero-order chi connectivity index (χ0) is 18.1. The summed E-state index contributed by atoms with van der Waals surface area (Å²) in [4.78, 5) is 50.0. The van der Waals surface area contributed by atoms with Gasteiger partial charge in [-0.25, -0.2) is 9.78 Å². The van der Waals surface area contributed by atoms with Gasteiger partial charge in [0.1, 0.15) is 5.01 Å². The van der Waals surface area contributed by atoms with Crippen LogP contribution in [-0.2, 0) is 16.1 Å². The van der Waals surface area contributed by atoms with Crippen LogP contribution in [0.15, 0.2) is 54.0 Å². The van der Waals surface area contributed by atoms with E-state index in [1.165, 1.54) is 23.5 Å². The van der Waals surface area contributed by atoms with Gasteiger partial charge in [-0.3, -0.25) is 14.6 Å². The van der Waals surface area contributed by atoms with E-state index in [4.69, 9.17) is 4.84 Å². The molecule has 2 amide bonds. The molecule has 0 aliphatic carbocycles. The quantitative estimate of drug-likeness (QED) is 0.660. The summed E-state index contributed by atoms with van der Waals surface area (Å²) in [5.41, 5.74) is 1.63. The monoisotopic (exact) mass is 365 g/mol. The summed E-state index contributed by atoms with van der Waals surface area (Å²) >= 11 is 1.35. The molecule has 0 N–H and O–H groups in total. The fourth-order valence-electron chi connectivity index (χ4n) is 2.53. The molecule has 1 aliphatic heterocycles. The summed E-state index contributed by atoms with van der Waals surface area (Å²) in [6.45, 7) is 0. The lowest BCUT2D eigenvalue weighted by atomic mass is 10.1. The topological polar surface area (TPSA) is 89.5 Å². The number of aromatic nitrogens is 2. The molecule has 3 heterocycles. The molecule has 0 spiro atoms. The van der Waals surface area contributed by atoms with Gasteiger partial charge in [0.25, 0.3) is 11.8 Å². The van der Waals surface area contributed by atoms with Crippen LogP contribution in [0.3, 0.4) is 0 Å². The second-order valence-electron chi connectivity index (χ2n) is 5.45. The van der Waals surface area contributed by atoms with E-state index in [0.29, 0.717) is 21.5 Å². The van der Waals surface area contributed by atoms with Crippen molar-refractivity contribution >= 4 is 29.1 Å². The number of hydroxylamine groups is 2. The zero-order valence-corrected chi connectivity index (χ0v) is 14.1. The number of carbonyl (C=O) groups is 3. The van der Waals surface area contributed by atoms with Crippen LogP contribution in [0.2, 0.25) is 0 Å². The van der Waals surface area contributed by atoms with E-state index in [0.717, 1.165) is 0 Å². The molecule has 128 valence electrons. The summed E-state index contributed by atoms with van der Waals surface area (Å²) in [7, 11) is 0. The minimum Gasteiger partial charge on any atom is -0.329 e. The first-order valence-corrected chi connectivity index (χ1v) is 8.56. The fraction of sp³-hybridized carbons (Fsp3) is 0.0556. The fourth-order valence-corrected chi connectivity index (χ4v) is 3.32. The molecule has 0 fully saturated rings. The molecule has 0 unspecified atom stereocenters. The molecular formula is C18H11N3O4S. The van der Waals surface area contributed by atoms with Gasteiger partial charge in [-0.1, -0.05) is 23.3 Å². The molecule has 0 saturated carbocycles. The third-order valence-electron chi connectivity index (χ3n) is 3.71. The number of carbonyl (C=O) groups excluding carboxylic acids is 3. The van der Waals surface area contributed by atoms with E-state index < -0.39 is 17.8 Å². The molecule has 7 nitrogen and oxygen atoms in total. The van der Waals surface area contributed by atoms with Crippen molar-refractivity contribution in [3.63, 3.8) is 0 Å². The first kappa shape index (κ1) is 16.1. The highest BCUT2D eigenvalue weighted by Crippen LogP contribution is 2.24. The van der Waals surface area contributed by atoms with Crippen LogP contribution in [0.25, 0.3) is 10.7 Å². The predicted molar refractivity (Wildman–Crippen MR) is 92.1 cm³/mol. The summed E-state index contributed by atoms with van der Waals surface area (Å²) in [6, 6.07) is 11.8. The molecule has 0 radical (unpaired) electrons. The zero-order valence-electron chi connectivity index (χ0n) is 13.3. The third kappa shape index (κ3) is 2.86. The van der Waals surface area contributed by atoms with E-state index in [-0.39, 0.29) is 17.5 Å². The van der Waals surface area contributed by atoms with Gasteiger partial charge in [-0.15, -0.1) is 11.3 Å². The molecule has 4 rings (SSSR count).